The van der Waals surface area contributed by atoms with Gasteiger partial charge < -0.3 is 71.4 Å². The van der Waals surface area contributed by atoms with Crippen molar-refractivity contribution in [3.05, 3.63) is 24.3 Å². The minimum atomic E-state index is -5.21. The van der Waals surface area contributed by atoms with Crippen LogP contribution in [-0.4, -0.2) is 199 Å². The molecule has 0 aromatic carbocycles. The number of allylic oxidation sites excluding steroid dienone is 1. The van der Waals surface area contributed by atoms with Crippen molar-refractivity contribution in [1.82, 2.24) is 0 Å². The van der Waals surface area contributed by atoms with Crippen molar-refractivity contribution < 1.29 is 161 Å². The summed E-state index contributed by atoms with van der Waals surface area (Å²) in [5, 5.41) is 23.8. The first-order valence-corrected chi connectivity index (χ1v) is 30.0. The second kappa shape index (κ2) is 22.9. The molecule has 11 heterocycles. The summed E-state index contributed by atoms with van der Waals surface area (Å²) in [5.74, 6) is -0.139. The first kappa shape index (κ1) is 62.9. The van der Waals surface area contributed by atoms with Crippen LogP contribution >= 0.6 is 0 Å². The fourth-order valence-corrected chi connectivity index (χ4v) is 16.2. The maximum atomic E-state index is 12.3. The summed E-state index contributed by atoms with van der Waals surface area (Å²) < 4.78 is 154. The van der Waals surface area contributed by atoms with Crippen molar-refractivity contribution in [2.24, 2.45) is 5.92 Å². The Hall–Kier alpha value is 0.370. The summed E-state index contributed by atoms with van der Waals surface area (Å²) in [6.07, 6.45) is -2.51. The van der Waals surface area contributed by atoms with Crippen molar-refractivity contribution in [2.45, 2.75) is 282 Å². The number of hydrogen-bond donors (Lipinski definition) is 2. The molecule has 26 heteroatoms. The third-order valence-electron chi connectivity index (χ3n) is 19.1. The van der Waals surface area contributed by atoms with Gasteiger partial charge in [0.05, 0.1) is 127 Å². The van der Waals surface area contributed by atoms with E-state index in [1.807, 2.05) is 6.92 Å². The second-order valence-corrected chi connectivity index (χ2v) is 27.1. The molecule has 2 N–H and O–H groups in total. The molecule has 78 heavy (non-hydrogen) atoms. The molecule has 11 fully saturated rings. The number of hydrogen-bond acceptors (Lipinski definition) is 22. The van der Waals surface area contributed by atoms with Crippen molar-refractivity contribution in [3.63, 3.8) is 0 Å². The van der Waals surface area contributed by atoms with Gasteiger partial charge in [0.2, 0.25) is 20.8 Å². The molecule has 430 valence electrons. The van der Waals surface area contributed by atoms with Crippen molar-refractivity contribution in [1.29, 1.82) is 0 Å². The van der Waals surface area contributed by atoms with Crippen LogP contribution in [0, 0.1) is 5.92 Å². The molecule has 0 unspecified atom stereocenters. The van der Waals surface area contributed by atoms with Gasteiger partial charge in [-0.3, -0.25) is 13.2 Å². The van der Waals surface area contributed by atoms with E-state index in [1.54, 1.807) is 13.0 Å². The SMILES string of the molecule is C=C1C[C@@H]2O[C@@]3(C)[C@H](C[C@H]2O[C@@H]1[C@](C)(O)C/C=C/C(C)=O)O[C@@H]1C[C@@H]2O[C@@H]4C[C@@H]5O[C@@H]6C[C@@H]7O[C@@H]8C[C@@H]9O[C@](C)(CCOS(=O)(=O)[O-])[C@@H](OS(=O)(=O)[O-])C[C@H]9O[C@H]8C[C@H]7O[C@H]6CC[C@@]5(C)O[C@@]4(C)C[C@H](C)[C@H]2O[C@H]1[C@H]3O.[Na+].[Na+]. The van der Waals surface area contributed by atoms with E-state index in [1.165, 1.54) is 19.9 Å². The molecule has 22 nitrogen and oxygen atoms in total. The average Bonchev–Trinajstić information content (AvgIpc) is 3.69. The van der Waals surface area contributed by atoms with Crippen LogP contribution in [0.5, 0.6) is 0 Å². The van der Waals surface area contributed by atoms with Crippen LogP contribution in [0.2, 0.25) is 0 Å². The van der Waals surface area contributed by atoms with Gasteiger partial charge in [0.25, 0.3) is 0 Å². The van der Waals surface area contributed by atoms with E-state index < -0.39 is 129 Å². The van der Waals surface area contributed by atoms with E-state index in [9.17, 15) is 40.9 Å². The first-order valence-electron chi connectivity index (χ1n) is 27.3. The van der Waals surface area contributed by atoms with Gasteiger partial charge in [-0.05, 0) is 91.2 Å². The van der Waals surface area contributed by atoms with Crippen LogP contribution in [0.15, 0.2) is 24.3 Å². The zero-order valence-corrected chi connectivity index (χ0v) is 51.9. The predicted octanol–water partition coefficient (Wildman–Crippen LogP) is -3.16. The zero-order valence-electron chi connectivity index (χ0n) is 46.3. The first-order chi connectivity index (χ1) is 35.5. The molecule has 26 atom stereocenters. The number of carbonyl (C=O) groups is 1. The molecule has 0 aromatic rings. The molecular formula is C52H76Na2O22S2. The molecule has 11 saturated heterocycles. The number of ether oxygens (including phenoxy) is 11. The van der Waals surface area contributed by atoms with E-state index in [4.69, 9.17) is 56.3 Å². The monoisotopic (exact) mass is 1160 g/mol. The van der Waals surface area contributed by atoms with E-state index in [-0.39, 0.29) is 139 Å². The topological polar surface area (TPSA) is 292 Å². The maximum absolute atomic E-state index is 12.3. The summed E-state index contributed by atoms with van der Waals surface area (Å²) in [6.45, 7) is 16.5. The summed E-state index contributed by atoms with van der Waals surface area (Å²) in [4.78, 5) is 11.6. The summed E-state index contributed by atoms with van der Waals surface area (Å²) in [7, 11) is -10.3. The van der Waals surface area contributed by atoms with Gasteiger partial charge >= 0.3 is 59.1 Å². The smallest absolute Gasteiger partial charge is 0.726 e. The van der Waals surface area contributed by atoms with Crippen LogP contribution in [0.25, 0.3) is 0 Å². The van der Waals surface area contributed by atoms with Crippen molar-refractivity contribution in [2.75, 3.05) is 6.61 Å². The minimum absolute atomic E-state index is 0. The fourth-order valence-electron chi connectivity index (χ4n) is 15.3. The zero-order chi connectivity index (χ0) is 54.3. The molecule has 0 spiro atoms. The molecule has 11 rings (SSSR count). The normalized spacial score (nSPS) is 50.6. The molecule has 0 aromatic heterocycles. The third kappa shape index (κ3) is 12.4. The standard InChI is InChI=1S/C52H78O22S2.2Na/c1-25-16-36-35(69-47(25)48(4,55)12-9-10-27(3)53)22-43-52(8,72-36)46(54)45-39(68-43)20-38-44(70-45)26(2)24-51(7)41(67-38)23-40-50(6,74-51)13-11-28-29(66-40)17-31-30(63-28)18-32-33(64-31)19-37-34(65-32)21-42(73-76(59,60)61)49(5,71-37)14-15-62-75(56,57)58;;/h9-10,26,28-47,54-55H,1,11-24H2,2-8H3,(H,56,57,58)(H,59,60,61);;/q;2*+1/p-2/b10-9+;;/t26-,28-,29+,30+,31-,32-,33+,34+,35+,36-,37-,38-,39+,40-,41+,42-,43-,44+,45+,46+,47-,48+,49+,50+,51-,52-;;/m0../s1. The molecule has 0 radical (unpaired) electrons. The minimum Gasteiger partial charge on any atom is -0.726 e. The van der Waals surface area contributed by atoms with E-state index in [2.05, 4.69) is 31.5 Å². The Labute approximate surface area is 502 Å². The van der Waals surface area contributed by atoms with E-state index in [0.717, 1.165) is 0 Å². The van der Waals surface area contributed by atoms with Crippen LogP contribution < -0.4 is 59.1 Å². The number of carbonyl (C=O) groups excluding carboxylic acids is 1. The van der Waals surface area contributed by atoms with Crippen LogP contribution in [0.3, 0.4) is 0 Å². The van der Waals surface area contributed by atoms with Gasteiger partial charge in [-0.1, -0.05) is 19.6 Å². The third-order valence-corrected chi connectivity index (χ3v) is 20.0. The number of aliphatic hydroxyl groups is 2. The largest absolute Gasteiger partial charge is 1.00 e. The predicted molar refractivity (Wildman–Crippen MR) is 259 cm³/mol. The second-order valence-electron chi connectivity index (χ2n) is 25.0. The van der Waals surface area contributed by atoms with Crippen molar-refractivity contribution in [3.8, 4) is 0 Å². The Bertz CT molecular complexity index is 2490. The van der Waals surface area contributed by atoms with Gasteiger partial charge in [0.15, 0.2) is 5.78 Å². The Morgan fingerprint density at radius 1 is 0.718 bits per heavy atom. The Balaban J connectivity index is 0.00000370. The van der Waals surface area contributed by atoms with Gasteiger partial charge in [-0.15, -0.1) is 0 Å². The summed E-state index contributed by atoms with van der Waals surface area (Å²) in [6, 6.07) is 0. The van der Waals surface area contributed by atoms with Crippen molar-refractivity contribution >= 4 is 26.6 Å². The number of rotatable bonds is 10. The van der Waals surface area contributed by atoms with Gasteiger partial charge in [-0.2, -0.15) is 0 Å². The van der Waals surface area contributed by atoms with Gasteiger partial charge in [0, 0.05) is 51.4 Å². The molecule has 0 bridgehead atoms. The summed E-state index contributed by atoms with van der Waals surface area (Å²) >= 11 is 0. The van der Waals surface area contributed by atoms with Gasteiger partial charge in [-0.25, -0.2) is 16.8 Å². The van der Waals surface area contributed by atoms with Gasteiger partial charge in [0.1, 0.15) is 30.0 Å². The molecule has 0 amide bonds. The van der Waals surface area contributed by atoms with E-state index >= 15 is 0 Å². The van der Waals surface area contributed by atoms with E-state index in [0.29, 0.717) is 69.8 Å². The van der Waals surface area contributed by atoms with Crippen LogP contribution in [0.4, 0.5) is 0 Å². The Morgan fingerprint density at radius 2 is 1.28 bits per heavy atom. The Morgan fingerprint density at radius 3 is 1.94 bits per heavy atom. The molecule has 11 aliphatic rings. The van der Waals surface area contributed by atoms with Crippen LogP contribution in [0.1, 0.15) is 132 Å². The average molecular weight is 1160 g/mol. The number of ketones is 1. The van der Waals surface area contributed by atoms with Crippen LogP contribution in [-0.2, 0) is 86.1 Å². The molecule has 0 saturated carbocycles. The molecule has 11 aliphatic heterocycles. The fraction of sp³-hybridized carbons (Fsp3) is 0.904. The molecular weight excluding hydrogens is 1090 g/mol. The number of aliphatic hydroxyl groups excluding tert-OH is 1. The maximum Gasteiger partial charge on any atom is 1.00 e. The summed E-state index contributed by atoms with van der Waals surface area (Å²) in [5.41, 5.74) is -4.68. The number of fused-ring (bicyclic) bond motifs is 10. The quantitative estimate of drug-likeness (QED) is 0.0718. The Kier molecular flexibility index (Phi) is 18.5. The molecule has 0 aliphatic carbocycles.